The van der Waals surface area contributed by atoms with Gasteiger partial charge in [-0.1, -0.05) is 31.0 Å². The minimum atomic E-state index is -0.843. The number of aliphatic hydroxyl groups is 1. The second kappa shape index (κ2) is 14.7. The Balaban J connectivity index is 1.22. The molecule has 4 unspecified atom stereocenters. The summed E-state index contributed by atoms with van der Waals surface area (Å²) in [6.45, 7) is 0.797. The molecule has 0 amide bonds. The molecule has 0 saturated heterocycles. The molecule has 10 heteroatoms. The lowest BCUT2D eigenvalue weighted by atomic mass is 9.70. The summed E-state index contributed by atoms with van der Waals surface area (Å²) in [6.07, 6.45) is 9.20. The summed E-state index contributed by atoms with van der Waals surface area (Å²) in [6, 6.07) is 20.2. The maximum atomic E-state index is 10.9. The largest absolute Gasteiger partial charge is 0.508 e. The number of ether oxygens (including phenoxy) is 4. The first-order chi connectivity index (χ1) is 26.9. The van der Waals surface area contributed by atoms with Crippen LogP contribution in [0.1, 0.15) is 77.5 Å². The van der Waals surface area contributed by atoms with Crippen LogP contribution in [0.25, 0.3) is 22.0 Å². The number of phenolic OH excluding ortho intramolecular Hbond substituents is 2. The third-order valence-electron chi connectivity index (χ3n) is 12.5. The molecular formula is C45H51N3O7. The number of aromatic amines is 1. The first-order valence-corrected chi connectivity index (χ1v) is 19.8. The van der Waals surface area contributed by atoms with Crippen LogP contribution >= 0.6 is 0 Å². The molecule has 0 spiro atoms. The van der Waals surface area contributed by atoms with Crippen LogP contribution in [0.15, 0.2) is 66.9 Å². The minimum Gasteiger partial charge on any atom is -0.508 e. The molecule has 1 fully saturated rings. The average Bonchev–Trinajstić information content (AvgIpc) is 3.90. The Bertz CT molecular complexity index is 2210. The SMILES string of the molecule is CNCC1(OCNC2CCCC2)Cc2c3c(c4c(c2OC1c1ccc(O)c(OC)c1)CCC(CO)O4)-c1ccc(O)cc1C(Cc1ccc2[nH]ccc2c1)C3. The van der Waals surface area contributed by atoms with Gasteiger partial charge in [-0.05, 0) is 127 Å². The van der Waals surface area contributed by atoms with Crippen molar-refractivity contribution in [2.24, 2.45) is 0 Å². The first kappa shape index (κ1) is 35.9. The van der Waals surface area contributed by atoms with Crippen molar-refractivity contribution in [3.05, 3.63) is 100 Å². The zero-order valence-electron chi connectivity index (χ0n) is 31.6. The molecule has 4 aliphatic rings. The molecule has 55 heavy (non-hydrogen) atoms. The predicted molar refractivity (Wildman–Crippen MR) is 212 cm³/mol. The maximum Gasteiger partial charge on any atom is 0.160 e. The van der Waals surface area contributed by atoms with E-state index < -0.39 is 11.7 Å². The Morgan fingerprint density at radius 2 is 1.80 bits per heavy atom. The van der Waals surface area contributed by atoms with Crippen molar-refractivity contribution >= 4 is 10.9 Å². The molecule has 1 saturated carbocycles. The van der Waals surface area contributed by atoms with E-state index in [-0.39, 0.29) is 30.1 Å². The molecule has 6 N–H and O–H groups in total. The molecular weight excluding hydrogens is 695 g/mol. The van der Waals surface area contributed by atoms with Gasteiger partial charge in [0.15, 0.2) is 17.6 Å². The van der Waals surface area contributed by atoms with Crippen molar-refractivity contribution in [3.8, 4) is 39.9 Å². The molecule has 288 valence electrons. The summed E-state index contributed by atoms with van der Waals surface area (Å²) in [5.74, 6) is 2.30. The molecule has 1 aromatic heterocycles. The van der Waals surface area contributed by atoms with E-state index in [1.807, 2.05) is 37.5 Å². The highest BCUT2D eigenvalue weighted by molar-refractivity contribution is 5.85. The lowest BCUT2D eigenvalue weighted by molar-refractivity contribution is -0.130. The summed E-state index contributed by atoms with van der Waals surface area (Å²) in [7, 11) is 3.51. The Morgan fingerprint density at radius 1 is 0.927 bits per heavy atom. The van der Waals surface area contributed by atoms with E-state index >= 15 is 0 Å². The van der Waals surface area contributed by atoms with E-state index in [0.717, 1.165) is 75.2 Å². The van der Waals surface area contributed by atoms with Crippen molar-refractivity contribution in [3.63, 3.8) is 0 Å². The minimum absolute atomic E-state index is 0.0618. The molecule has 10 nitrogen and oxygen atoms in total. The highest BCUT2D eigenvalue weighted by atomic mass is 16.6. The summed E-state index contributed by atoms with van der Waals surface area (Å²) in [5.41, 5.74) is 8.74. The number of likely N-dealkylation sites (N-methyl/N-ethyl adjacent to an activating group) is 1. The molecule has 4 atom stereocenters. The summed E-state index contributed by atoms with van der Waals surface area (Å²) < 4.78 is 26.8. The number of methoxy groups -OCH3 is 1. The number of benzene rings is 4. The molecule has 9 rings (SSSR count). The van der Waals surface area contributed by atoms with E-state index in [1.54, 1.807) is 19.2 Å². The van der Waals surface area contributed by atoms with Crippen molar-refractivity contribution < 1.29 is 34.3 Å². The van der Waals surface area contributed by atoms with Crippen LogP contribution in [-0.4, -0.2) is 72.1 Å². The van der Waals surface area contributed by atoms with E-state index in [0.29, 0.717) is 50.8 Å². The van der Waals surface area contributed by atoms with Gasteiger partial charge in [-0.3, -0.25) is 5.32 Å². The van der Waals surface area contributed by atoms with Gasteiger partial charge in [-0.2, -0.15) is 0 Å². The van der Waals surface area contributed by atoms with Crippen LogP contribution in [-0.2, 0) is 30.4 Å². The highest BCUT2D eigenvalue weighted by Gasteiger charge is 2.50. The number of aromatic nitrogens is 1. The van der Waals surface area contributed by atoms with Gasteiger partial charge in [-0.25, -0.2) is 0 Å². The molecule has 2 aliphatic heterocycles. The van der Waals surface area contributed by atoms with Crippen molar-refractivity contribution in [2.75, 3.05) is 34.0 Å². The number of hydrogen-bond acceptors (Lipinski definition) is 9. The number of aromatic hydroxyl groups is 2. The lowest BCUT2D eigenvalue weighted by Gasteiger charge is -2.47. The Labute approximate surface area is 321 Å². The van der Waals surface area contributed by atoms with Crippen molar-refractivity contribution in [1.82, 2.24) is 15.6 Å². The maximum absolute atomic E-state index is 10.9. The molecule has 0 bridgehead atoms. The molecule has 0 radical (unpaired) electrons. The zero-order valence-corrected chi connectivity index (χ0v) is 31.6. The van der Waals surface area contributed by atoms with Crippen LogP contribution < -0.4 is 24.8 Å². The predicted octanol–water partition coefficient (Wildman–Crippen LogP) is 6.96. The standard InChI is InChI=1S/C45H51N3O7/c1-46-24-45(53-25-48-30-5-3-4-6-30)22-37-36-19-29(18-26-7-13-38-27(17-26)15-16-47-38)35-21-31(50)9-11-33(35)41(36)43-34(12-10-32(23-49)54-43)42(37)55-44(45)28-8-14-39(51)40(20-28)52-2/h7-9,11,13-17,20-21,29-30,32,44,46-51H,3-6,10,12,18-19,22-25H2,1-2H3. The lowest BCUT2D eigenvalue weighted by Crippen LogP contribution is -2.55. The highest BCUT2D eigenvalue weighted by Crippen LogP contribution is 2.57. The van der Waals surface area contributed by atoms with Gasteiger partial charge < -0.3 is 44.6 Å². The average molecular weight is 746 g/mol. The van der Waals surface area contributed by atoms with E-state index in [1.165, 1.54) is 23.8 Å². The van der Waals surface area contributed by atoms with Gasteiger partial charge in [-0.15, -0.1) is 0 Å². The number of hydrogen-bond donors (Lipinski definition) is 6. The number of nitrogens with one attached hydrogen (secondary N) is 3. The smallest absolute Gasteiger partial charge is 0.160 e. The van der Waals surface area contributed by atoms with E-state index in [4.69, 9.17) is 18.9 Å². The van der Waals surface area contributed by atoms with Crippen molar-refractivity contribution in [2.45, 2.75) is 87.6 Å². The van der Waals surface area contributed by atoms with Crippen LogP contribution in [0.3, 0.4) is 0 Å². The first-order valence-electron chi connectivity index (χ1n) is 19.8. The Hall–Kier alpha value is -4.74. The normalized spacial score (nSPS) is 23.0. The third kappa shape index (κ3) is 6.48. The fraction of sp³-hybridized carbons (Fsp3) is 0.422. The third-order valence-corrected chi connectivity index (χ3v) is 12.5. The summed E-state index contributed by atoms with van der Waals surface area (Å²) in [5, 5.41) is 40.2. The fourth-order valence-electron chi connectivity index (χ4n) is 9.80. The van der Waals surface area contributed by atoms with E-state index in [2.05, 4.69) is 39.9 Å². The topological polar surface area (TPSA) is 137 Å². The second-order valence-electron chi connectivity index (χ2n) is 15.9. The number of phenols is 2. The molecule has 5 aromatic rings. The van der Waals surface area contributed by atoms with Gasteiger partial charge in [0.05, 0.1) is 20.4 Å². The van der Waals surface area contributed by atoms with Crippen LogP contribution in [0.2, 0.25) is 0 Å². The molecule has 3 heterocycles. The monoisotopic (exact) mass is 745 g/mol. The number of fused-ring (bicyclic) bond motifs is 9. The van der Waals surface area contributed by atoms with Crippen molar-refractivity contribution in [1.29, 1.82) is 0 Å². The second-order valence-corrected chi connectivity index (χ2v) is 15.9. The number of rotatable bonds is 11. The number of H-pyrrole nitrogens is 1. The quantitative estimate of drug-likeness (QED) is 0.0793. The van der Waals surface area contributed by atoms with Crippen LogP contribution in [0.5, 0.6) is 28.7 Å². The molecule has 4 aromatic carbocycles. The van der Waals surface area contributed by atoms with Gasteiger partial charge in [0.1, 0.15) is 29.0 Å². The van der Waals surface area contributed by atoms with E-state index in [9.17, 15) is 15.3 Å². The molecule has 2 aliphatic carbocycles. The van der Waals surface area contributed by atoms with Gasteiger partial charge in [0, 0.05) is 47.4 Å². The van der Waals surface area contributed by atoms with Gasteiger partial charge in [0.2, 0.25) is 0 Å². The Kier molecular flexibility index (Phi) is 9.62. The van der Waals surface area contributed by atoms with Crippen LogP contribution in [0, 0.1) is 0 Å². The van der Waals surface area contributed by atoms with Gasteiger partial charge in [0.25, 0.3) is 0 Å². The summed E-state index contributed by atoms with van der Waals surface area (Å²) >= 11 is 0. The van der Waals surface area contributed by atoms with Crippen LogP contribution in [0.4, 0.5) is 0 Å². The summed E-state index contributed by atoms with van der Waals surface area (Å²) in [4.78, 5) is 3.31. The Morgan fingerprint density at radius 3 is 2.62 bits per heavy atom. The fourth-order valence-corrected chi connectivity index (χ4v) is 9.80. The number of aliphatic hydroxyl groups excluding tert-OH is 1. The van der Waals surface area contributed by atoms with Gasteiger partial charge >= 0.3 is 0 Å². The zero-order chi connectivity index (χ0) is 37.7.